The normalized spacial score (nSPS) is 21.6. The van der Waals surface area contributed by atoms with E-state index in [1.54, 1.807) is 11.0 Å². The van der Waals surface area contributed by atoms with Gasteiger partial charge in [-0.3, -0.25) is 4.79 Å². The minimum Gasteiger partial charge on any atom is -0.480 e. The topological polar surface area (TPSA) is 89.7 Å². The number of hydrogen-bond donors (Lipinski definition) is 1. The Morgan fingerprint density at radius 2 is 2.00 bits per heavy atom. The van der Waals surface area contributed by atoms with Gasteiger partial charge in [0.15, 0.2) is 6.10 Å². The summed E-state index contributed by atoms with van der Waals surface area (Å²) in [5.41, 5.74) is 0.717. The van der Waals surface area contributed by atoms with Crippen LogP contribution in [0.25, 0.3) is 0 Å². The Kier molecular flexibility index (Phi) is 3.18. The molecule has 0 bridgehead atoms. The van der Waals surface area contributed by atoms with Crippen molar-refractivity contribution in [1.82, 2.24) is 4.90 Å². The number of nitrogens with zero attached hydrogens (tertiary/aromatic N) is 1. The molecule has 0 spiro atoms. The van der Waals surface area contributed by atoms with Gasteiger partial charge in [-0.1, -0.05) is 0 Å². The number of carbonyl (C=O) groups excluding carboxylic acids is 1. The van der Waals surface area contributed by atoms with Crippen molar-refractivity contribution in [2.75, 3.05) is 13.1 Å². The van der Waals surface area contributed by atoms with E-state index in [2.05, 4.69) is 0 Å². The Bertz CT molecular complexity index is 650. The van der Waals surface area contributed by atoms with Gasteiger partial charge in [-0.15, -0.1) is 0 Å². The third-order valence-electron chi connectivity index (χ3n) is 3.73. The molecule has 108 valence electrons. The van der Waals surface area contributed by atoms with Crippen LogP contribution in [0.2, 0.25) is 0 Å². The predicted octanol–water partition coefficient (Wildman–Crippen LogP) is 0.260. The van der Waals surface area contributed by atoms with Gasteiger partial charge in [0, 0.05) is 19.5 Å². The van der Waals surface area contributed by atoms with Gasteiger partial charge in [-0.25, -0.2) is 13.6 Å². The number of amides is 1. The van der Waals surface area contributed by atoms with Gasteiger partial charge in [0.05, 0.1) is 4.90 Å². The zero-order valence-electron chi connectivity index (χ0n) is 10.9. The number of rotatable bonds is 2. The number of hydrogen-bond acceptors (Lipinski definition) is 4. The molecule has 20 heavy (non-hydrogen) atoms. The van der Waals surface area contributed by atoms with Crippen molar-refractivity contribution in [3.8, 4) is 5.75 Å². The number of sulfonamides is 1. The highest BCUT2D eigenvalue weighted by atomic mass is 32.2. The summed E-state index contributed by atoms with van der Waals surface area (Å²) >= 11 is 0. The fourth-order valence-corrected chi connectivity index (χ4v) is 3.25. The first-order valence-corrected chi connectivity index (χ1v) is 8.11. The second-order valence-corrected chi connectivity index (χ2v) is 6.72. The van der Waals surface area contributed by atoms with E-state index < -0.39 is 16.1 Å². The molecule has 1 fully saturated rings. The van der Waals surface area contributed by atoms with Gasteiger partial charge >= 0.3 is 0 Å². The Balaban J connectivity index is 1.80. The molecule has 1 atom stereocenters. The summed E-state index contributed by atoms with van der Waals surface area (Å²) in [6, 6.07) is 4.45. The summed E-state index contributed by atoms with van der Waals surface area (Å²) in [5.74, 6) is 0.547. The number of carbonyl (C=O) groups is 1. The fourth-order valence-electron chi connectivity index (χ4n) is 2.68. The highest BCUT2D eigenvalue weighted by molar-refractivity contribution is 7.89. The Hall–Kier alpha value is -1.60. The van der Waals surface area contributed by atoms with Crippen molar-refractivity contribution in [2.45, 2.75) is 30.3 Å². The van der Waals surface area contributed by atoms with Crippen molar-refractivity contribution >= 4 is 15.9 Å². The van der Waals surface area contributed by atoms with Crippen LogP contribution in [0.15, 0.2) is 23.1 Å². The summed E-state index contributed by atoms with van der Waals surface area (Å²) in [7, 11) is -3.73. The van der Waals surface area contributed by atoms with Gasteiger partial charge in [-0.05, 0) is 36.6 Å². The van der Waals surface area contributed by atoms with E-state index in [9.17, 15) is 13.2 Å². The van der Waals surface area contributed by atoms with Crippen LogP contribution in [-0.4, -0.2) is 38.4 Å². The predicted molar refractivity (Wildman–Crippen MR) is 71.7 cm³/mol. The molecule has 0 radical (unpaired) electrons. The maximum Gasteiger partial charge on any atom is 0.263 e. The van der Waals surface area contributed by atoms with Crippen LogP contribution in [0.3, 0.4) is 0 Å². The molecule has 1 unspecified atom stereocenters. The highest BCUT2D eigenvalue weighted by Crippen LogP contribution is 2.31. The molecule has 0 aliphatic carbocycles. The second kappa shape index (κ2) is 4.75. The van der Waals surface area contributed by atoms with Crippen LogP contribution in [0, 0.1) is 0 Å². The molecule has 7 heteroatoms. The Morgan fingerprint density at radius 3 is 2.65 bits per heavy atom. The first-order chi connectivity index (χ1) is 9.45. The van der Waals surface area contributed by atoms with E-state index in [4.69, 9.17) is 9.88 Å². The molecule has 0 aromatic heterocycles. The van der Waals surface area contributed by atoms with E-state index in [0.29, 0.717) is 17.7 Å². The summed E-state index contributed by atoms with van der Waals surface area (Å²) in [4.78, 5) is 14.1. The lowest BCUT2D eigenvalue weighted by molar-refractivity contribution is -0.136. The fraction of sp³-hybridized carbons (Fsp3) is 0.462. The standard InChI is InChI=1S/C13H16N2O4S/c14-20(17,18)10-3-4-11-9(7-10)8-12(19-11)13(16)15-5-1-2-6-15/h3-4,7,12H,1-2,5-6,8H2,(H2,14,17,18). The van der Waals surface area contributed by atoms with Crippen LogP contribution < -0.4 is 9.88 Å². The highest BCUT2D eigenvalue weighted by Gasteiger charge is 2.33. The van der Waals surface area contributed by atoms with Gasteiger partial charge in [0.1, 0.15) is 5.75 Å². The molecule has 1 aromatic rings. The second-order valence-electron chi connectivity index (χ2n) is 5.16. The smallest absolute Gasteiger partial charge is 0.263 e. The monoisotopic (exact) mass is 296 g/mol. The van der Waals surface area contributed by atoms with Crippen molar-refractivity contribution in [2.24, 2.45) is 5.14 Å². The van der Waals surface area contributed by atoms with Crippen LogP contribution in [-0.2, 0) is 21.2 Å². The lowest BCUT2D eigenvalue weighted by atomic mass is 10.1. The van der Waals surface area contributed by atoms with Crippen LogP contribution in [0.4, 0.5) is 0 Å². The van der Waals surface area contributed by atoms with Crippen molar-refractivity contribution in [3.05, 3.63) is 23.8 Å². The molecular formula is C13H16N2O4S. The van der Waals surface area contributed by atoms with Crippen molar-refractivity contribution in [1.29, 1.82) is 0 Å². The first kappa shape index (κ1) is 13.4. The van der Waals surface area contributed by atoms with Gasteiger partial charge in [0.2, 0.25) is 10.0 Å². The summed E-state index contributed by atoms with van der Waals surface area (Å²) in [6.07, 6.45) is 1.91. The number of benzene rings is 1. The molecule has 2 aliphatic heterocycles. The van der Waals surface area contributed by atoms with E-state index >= 15 is 0 Å². The van der Waals surface area contributed by atoms with Crippen molar-refractivity contribution < 1.29 is 17.9 Å². The molecule has 1 saturated heterocycles. The number of ether oxygens (including phenoxy) is 1. The molecule has 2 heterocycles. The minimum absolute atomic E-state index is 0.0177. The molecule has 2 aliphatic rings. The maximum atomic E-state index is 12.3. The van der Waals surface area contributed by atoms with Gasteiger partial charge in [0.25, 0.3) is 5.91 Å². The zero-order valence-corrected chi connectivity index (χ0v) is 11.7. The Labute approximate surface area is 117 Å². The first-order valence-electron chi connectivity index (χ1n) is 6.56. The van der Waals surface area contributed by atoms with Crippen molar-refractivity contribution in [3.63, 3.8) is 0 Å². The average molecular weight is 296 g/mol. The number of primary sulfonamides is 1. The zero-order chi connectivity index (χ0) is 14.3. The summed E-state index contributed by atoms with van der Waals surface area (Å²) in [5, 5.41) is 5.10. The maximum absolute atomic E-state index is 12.3. The largest absolute Gasteiger partial charge is 0.480 e. The average Bonchev–Trinajstić information content (AvgIpc) is 3.05. The van der Waals surface area contributed by atoms with E-state index in [-0.39, 0.29) is 10.8 Å². The van der Waals surface area contributed by atoms with Gasteiger partial charge in [-0.2, -0.15) is 0 Å². The molecule has 0 saturated carbocycles. The quantitative estimate of drug-likeness (QED) is 0.847. The van der Waals surface area contributed by atoms with Crippen LogP contribution in [0.5, 0.6) is 5.75 Å². The van der Waals surface area contributed by atoms with E-state index in [1.165, 1.54) is 12.1 Å². The Morgan fingerprint density at radius 1 is 1.30 bits per heavy atom. The van der Waals surface area contributed by atoms with E-state index in [0.717, 1.165) is 25.9 Å². The molecule has 1 amide bonds. The molecular weight excluding hydrogens is 280 g/mol. The number of likely N-dealkylation sites (tertiary alicyclic amines) is 1. The lowest BCUT2D eigenvalue weighted by Gasteiger charge is -2.19. The summed E-state index contributed by atoms with van der Waals surface area (Å²) < 4.78 is 28.3. The van der Waals surface area contributed by atoms with Crippen LogP contribution in [0.1, 0.15) is 18.4 Å². The van der Waals surface area contributed by atoms with Crippen LogP contribution >= 0.6 is 0 Å². The molecule has 2 N–H and O–H groups in total. The third-order valence-corrected chi connectivity index (χ3v) is 4.64. The third kappa shape index (κ3) is 2.38. The lowest BCUT2D eigenvalue weighted by Crippen LogP contribution is -2.39. The molecule has 6 nitrogen and oxygen atoms in total. The number of fused-ring (bicyclic) bond motifs is 1. The molecule has 1 aromatic carbocycles. The van der Waals surface area contributed by atoms with Gasteiger partial charge < -0.3 is 9.64 Å². The minimum atomic E-state index is -3.73. The van der Waals surface area contributed by atoms with E-state index in [1.807, 2.05) is 0 Å². The number of nitrogens with two attached hydrogens (primary N) is 1. The molecule has 3 rings (SSSR count). The SMILES string of the molecule is NS(=O)(=O)c1ccc2c(c1)CC(C(=O)N1CCCC1)O2. The summed E-state index contributed by atoms with van der Waals surface area (Å²) in [6.45, 7) is 1.55.